The van der Waals surface area contributed by atoms with Crippen LogP contribution in [0.5, 0.6) is 0 Å². The predicted octanol–water partition coefficient (Wildman–Crippen LogP) is -2.01. The van der Waals surface area contributed by atoms with E-state index in [1.165, 1.54) is 5.71 Å². The maximum Gasteiger partial charge on any atom is 0.189 e. The van der Waals surface area contributed by atoms with Crippen molar-refractivity contribution in [1.82, 2.24) is 10.2 Å². The van der Waals surface area contributed by atoms with E-state index in [4.69, 9.17) is 12.2 Å². The Hall–Kier alpha value is -1.01. The number of piperazine rings is 1. The Morgan fingerprint density at radius 2 is 2.05 bits per heavy atom. The third-order valence-electron chi connectivity index (χ3n) is 4.60. The normalized spacial score (nSPS) is 24.6. The van der Waals surface area contributed by atoms with Crippen LogP contribution in [0.4, 0.5) is 0 Å². The lowest BCUT2D eigenvalue weighted by molar-refractivity contribution is -0.910. The molecule has 0 aromatic heterocycles. The average Bonchev–Trinajstić information content (AvgIpc) is 2.45. The molecule has 0 bridgehead atoms. The molecule has 1 saturated carbocycles. The molecule has 1 aliphatic carbocycles. The average molecular weight is 327 g/mol. The molecule has 1 heterocycles. The number of quaternary nitrogens is 1. The first kappa shape index (κ1) is 17.3. The van der Waals surface area contributed by atoms with Gasteiger partial charge < -0.3 is 15.1 Å². The van der Waals surface area contributed by atoms with E-state index in [0.29, 0.717) is 12.2 Å². The van der Waals surface area contributed by atoms with Gasteiger partial charge in [-0.2, -0.15) is 0 Å². The lowest BCUT2D eigenvalue weighted by Crippen LogP contribution is -3.16. The van der Waals surface area contributed by atoms with E-state index >= 15 is 0 Å². The van der Waals surface area contributed by atoms with Crippen molar-refractivity contribution >= 4 is 28.8 Å². The zero-order valence-electron chi connectivity index (χ0n) is 14.1. The highest BCUT2D eigenvalue weighted by atomic mass is 32.1. The maximum atomic E-state index is 11.8. The second kappa shape index (κ2) is 7.51. The van der Waals surface area contributed by atoms with Gasteiger partial charge in [-0.15, -0.1) is 0 Å². The molecule has 0 amide bonds. The van der Waals surface area contributed by atoms with Crippen LogP contribution in [0.2, 0.25) is 0 Å². The van der Waals surface area contributed by atoms with Crippen molar-refractivity contribution in [2.75, 3.05) is 46.3 Å². The van der Waals surface area contributed by atoms with Gasteiger partial charge in [0.15, 0.2) is 17.4 Å². The first-order valence-electron chi connectivity index (χ1n) is 8.30. The number of ketones is 1. The van der Waals surface area contributed by atoms with Gasteiger partial charge >= 0.3 is 0 Å². The van der Waals surface area contributed by atoms with E-state index in [9.17, 15) is 4.79 Å². The molecule has 1 saturated heterocycles. The second-order valence-corrected chi connectivity index (χ2v) is 7.69. The molecule has 1 aliphatic heterocycles. The molecule has 2 fully saturated rings. The van der Waals surface area contributed by atoms with Gasteiger partial charge in [-0.1, -0.05) is 13.8 Å². The third-order valence-corrected chi connectivity index (χ3v) is 5.07. The summed E-state index contributed by atoms with van der Waals surface area (Å²) >= 11 is 5.28. The molecular formula is C16H30N4OS+2. The van der Waals surface area contributed by atoms with Gasteiger partial charge in [-0.25, -0.2) is 4.99 Å². The van der Waals surface area contributed by atoms with E-state index in [1.54, 1.807) is 4.90 Å². The molecule has 0 aromatic carbocycles. The van der Waals surface area contributed by atoms with Crippen LogP contribution >= 0.6 is 12.2 Å². The molecule has 3 N–H and O–H groups in total. The highest BCUT2D eigenvalue weighted by Crippen LogP contribution is 2.30. The summed E-state index contributed by atoms with van der Waals surface area (Å²) in [7, 11) is 1.88. The molecule has 0 atom stereocenters. The Labute approximate surface area is 139 Å². The van der Waals surface area contributed by atoms with Crippen LogP contribution in [0.15, 0.2) is 0 Å². The molecule has 0 spiro atoms. The van der Waals surface area contributed by atoms with Crippen molar-refractivity contribution in [3.63, 3.8) is 0 Å². The maximum absolute atomic E-state index is 11.8. The molecule has 0 radical (unpaired) electrons. The summed E-state index contributed by atoms with van der Waals surface area (Å²) in [6.07, 6.45) is 2.37. The van der Waals surface area contributed by atoms with Crippen LogP contribution < -0.4 is 15.2 Å². The molecule has 124 valence electrons. The summed E-state index contributed by atoms with van der Waals surface area (Å²) in [4.78, 5) is 19.2. The number of rotatable bonds is 3. The standard InChI is InChI=1S/C16H28N4OS/c1-16(2)11-13(10-14(21)12-16)18-4-5-19-6-8-20(9-7-19)15(22)17-3/h4-12H2,1-3H3,(H,17,22)/p+2. The van der Waals surface area contributed by atoms with E-state index in [2.05, 4.69) is 29.1 Å². The first-order valence-corrected chi connectivity index (χ1v) is 8.71. The number of Topliss-reactive ketones (excluding diaryl/α,β-unsaturated/α-hetero) is 1. The van der Waals surface area contributed by atoms with Crippen LogP contribution in [-0.4, -0.2) is 67.8 Å². The second-order valence-electron chi connectivity index (χ2n) is 7.31. The van der Waals surface area contributed by atoms with Crippen LogP contribution in [0.1, 0.15) is 33.1 Å². The quantitative estimate of drug-likeness (QED) is 0.525. The lowest BCUT2D eigenvalue weighted by Gasteiger charge is -2.32. The van der Waals surface area contributed by atoms with Gasteiger partial charge in [0.1, 0.15) is 12.3 Å². The number of thiocarbonyl (C=S) groups is 1. The zero-order valence-corrected chi connectivity index (χ0v) is 14.9. The van der Waals surface area contributed by atoms with E-state index < -0.39 is 0 Å². The Morgan fingerprint density at radius 1 is 1.36 bits per heavy atom. The van der Waals surface area contributed by atoms with Crippen molar-refractivity contribution in [1.29, 1.82) is 0 Å². The highest BCUT2D eigenvalue weighted by Gasteiger charge is 2.33. The number of hydrogen-bond acceptors (Lipinski definition) is 2. The Morgan fingerprint density at radius 3 is 2.64 bits per heavy atom. The van der Waals surface area contributed by atoms with Gasteiger partial charge in [0.05, 0.1) is 32.6 Å². The highest BCUT2D eigenvalue weighted by molar-refractivity contribution is 7.80. The number of carbonyl (C=O) groups is 1. The Balaban J connectivity index is 1.74. The largest absolute Gasteiger partial charge is 0.366 e. The van der Waals surface area contributed by atoms with Crippen molar-refractivity contribution < 1.29 is 14.7 Å². The molecule has 6 heteroatoms. The smallest absolute Gasteiger partial charge is 0.189 e. The molecule has 5 nitrogen and oxygen atoms in total. The van der Waals surface area contributed by atoms with E-state index in [1.807, 2.05) is 7.05 Å². The molecule has 2 aliphatic rings. The van der Waals surface area contributed by atoms with E-state index in [-0.39, 0.29) is 5.41 Å². The van der Waals surface area contributed by atoms with E-state index in [0.717, 1.165) is 57.2 Å². The number of nitrogens with one attached hydrogen (secondary N) is 3. The first-order chi connectivity index (χ1) is 10.4. The van der Waals surface area contributed by atoms with Crippen molar-refractivity contribution in [2.24, 2.45) is 5.41 Å². The molecule has 0 aromatic rings. The Bertz CT molecular complexity index is 453. The SMILES string of the molecule is CNC(=S)N1CC[NH+](CC[NH+]=C2CC(=O)CC(C)(C)C2)CC1. The van der Waals surface area contributed by atoms with Crippen LogP contribution in [0, 0.1) is 5.41 Å². The summed E-state index contributed by atoms with van der Waals surface area (Å²) in [6, 6.07) is 0. The fraction of sp³-hybridized carbons (Fsp3) is 0.812. The molecule has 22 heavy (non-hydrogen) atoms. The number of nitrogens with zero attached hydrogens (tertiary/aromatic N) is 1. The van der Waals surface area contributed by atoms with Gasteiger partial charge in [0.25, 0.3) is 0 Å². The third kappa shape index (κ3) is 5.02. The van der Waals surface area contributed by atoms with Gasteiger partial charge in [0.2, 0.25) is 0 Å². The van der Waals surface area contributed by atoms with Gasteiger partial charge in [-0.05, 0) is 17.6 Å². The van der Waals surface area contributed by atoms with Gasteiger partial charge in [-0.3, -0.25) is 4.79 Å². The fourth-order valence-electron chi connectivity index (χ4n) is 3.51. The molecular weight excluding hydrogens is 296 g/mol. The monoisotopic (exact) mass is 326 g/mol. The van der Waals surface area contributed by atoms with Crippen molar-refractivity contribution in [2.45, 2.75) is 33.1 Å². The van der Waals surface area contributed by atoms with Crippen LogP contribution in [0.25, 0.3) is 0 Å². The summed E-state index contributed by atoms with van der Waals surface area (Å²) in [5, 5.41) is 3.91. The number of hydrogen-bond donors (Lipinski definition) is 3. The summed E-state index contributed by atoms with van der Waals surface area (Å²) in [6.45, 7) is 10.7. The topological polar surface area (TPSA) is 50.8 Å². The summed E-state index contributed by atoms with van der Waals surface area (Å²) in [5.74, 6) is 0.375. The Kier molecular flexibility index (Phi) is 5.92. The molecule has 0 unspecified atom stereocenters. The number of carbonyl (C=O) groups excluding carboxylic acids is 1. The summed E-state index contributed by atoms with van der Waals surface area (Å²) in [5.41, 5.74) is 1.36. The van der Waals surface area contributed by atoms with Crippen LogP contribution in [0.3, 0.4) is 0 Å². The fourth-order valence-corrected chi connectivity index (χ4v) is 3.69. The minimum absolute atomic E-state index is 0.124. The van der Waals surface area contributed by atoms with Crippen molar-refractivity contribution in [3.8, 4) is 0 Å². The van der Waals surface area contributed by atoms with Crippen LogP contribution in [-0.2, 0) is 4.79 Å². The predicted molar refractivity (Wildman–Crippen MR) is 92.3 cm³/mol. The minimum Gasteiger partial charge on any atom is -0.366 e. The zero-order chi connectivity index (χ0) is 16.2. The van der Waals surface area contributed by atoms with Crippen molar-refractivity contribution in [3.05, 3.63) is 0 Å². The lowest BCUT2D eigenvalue weighted by atomic mass is 9.76. The summed E-state index contributed by atoms with van der Waals surface area (Å²) < 4.78 is 0. The molecule has 2 rings (SSSR count). The van der Waals surface area contributed by atoms with Gasteiger partial charge in [0, 0.05) is 19.9 Å². The minimum atomic E-state index is 0.124.